The second-order valence-corrected chi connectivity index (χ2v) is 3.65. The highest BCUT2D eigenvalue weighted by Crippen LogP contribution is 2.09. The fourth-order valence-electron chi connectivity index (χ4n) is 1.57. The van der Waals surface area contributed by atoms with Gasteiger partial charge in [-0.1, -0.05) is 54.6 Å². The van der Waals surface area contributed by atoms with Gasteiger partial charge in [0.25, 0.3) is 0 Å². The van der Waals surface area contributed by atoms with Gasteiger partial charge in [0.2, 0.25) is 0 Å². The average molecular weight is 197 g/mol. The van der Waals surface area contributed by atoms with Gasteiger partial charge in [0.15, 0.2) is 0 Å². The van der Waals surface area contributed by atoms with E-state index in [9.17, 15) is 0 Å². The van der Waals surface area contributed by atoms with Gasteiger partial charge in [-0.25, -0.2) is 0 Å². The second kappa shape index (κ2) is 4.65. The minimum atomic E-state index is 0.371. The second-order valence-electron chi connectivity index (χ2n) is 3.65. The fraction of sp³-hybridized carbons (Fsp3) is 0.143. The Kier molecular flexibility index (Phi) is 3.03. The summed E-state index contributed by atoms with van der Waals surface area (Å²) in [6.45, 7) is 0. The van der Waals surface area contributed by atoms with Gasteiger partial charge in [0.1, 0.15) is 0 Å². The molecule has 0 saturated carbocycles. The molecule has 1 aromatic rings. The standard InChI is InChI=1S/C14H15N/c1-15-12-6-5-9-14(15)11-10-13-7-3-2-4-8-13/h2-12,14H,1H3/b11-10+. The highest BCUT2D eigenvalue weighted by molar-refractivity contribution is 5.50. The van der Waals surface area contributed by atoms with E-state index in [-0.39, 0.29) is 0 Å². The van der Waals surface area contributed by atoms with Crippen LogP contribution in [0.2, 0.25) is 0 Å². The van der Waals surface area contributed by atoms with Crippen LogP contribution in [0.3, 0.4) is 0 Å². The molecule has 76 valence electrons. The first kappa shape index (κ1) is 9.78. The third kappa shape index (κ3) is 2.59. The van der Waals surface area contributed by atoms with Crippen molar-refractivity contribution in [2.75, 3.05) is 7.05 Å². The maximum Gasteiger partial charge on any atom is 0.0654 e. The Morgan fingerprint density at radius 3 is 2.67 bits per heavy atom. The van der Waals surface area contributed by atoms with Crippen LogP contribution in [0.5, 0.6) is 0 Å². The molecule has 1 aliphatic rings. The summed E-state index contributed by atoms with van der Waals surface area (Å²) in [7, 11) is 2.08. The average Bonchev–Trinajstić information content (AvgIpc) is 2.29. The third-order valence-corrected chi connectivity index (χ3v) is 2.50. The van der Waals surface area contributed by atoms with Gasteiger partial charge in [-0.15, -0.1) is 0 Å². The van der Waals surface area contributed by atoms with Crippen molar-refractivity contribution in [2.24, 2.45) is 0 Å². The molecule has 15 heavy (non-hydrogen) atoms. The number of hydrogen-bond acceptors (Lipinski definition) is 1. The van der Waals surface area contributed by atoms with E-state index >= 15 is 0 Å². The molecule has 0 fully saturated rings. The minimum Gasteiger partial charge on any atom is -0.371 e. The van der Waals surface area contributed by atoms with Gasteiger partial charge >= 0.3 is 0 Å². The van der Waals surface area contributed by atoms with Crippen LogP contribution >= 0.6 is 0 Å². The van der Waals surface area contributed by atoms with Gasteiger partial charge in [-0.3, -0.25) is 0 Å². The Hall–Kier alpha value is -1.76. The summed E-state index contributed by atoms with van der Waals surface area (Å²) < 4.78 is 0. The van der Waals surface area contributed by atoms with E-state index in [0.717, 1.165) is 0 Å². The number of nitrogens with zero attached hydrogens (tertiary/aromatic N) is 1. The summed E-state index contributed by atoms with van der Waals surface area (Å²) >= 11 is 0. The van der Waals surface area contributed by atoms with Crippen LogP contribution in [-0.4, -0.2) is 18.0 Å². The third-order valence-electron chi connectivity index (χ3n) is 2.50. The first-order chi connectivity index (χ1) is 7.36. The molecule has 0 bridgehead atoms. The van der Waals surface area contributed by atoms with Crippen LogP contribution in [0.25, 0.3) is 6.08 Å². The number of rotatable bonds is 2. The zero-order valence-corrected chi connectivity index (χ0v) is 8.88. The van der Waals surface area contributed by atoms with Gasteiger partial charge in [0, 0.05) is 7.05 Å². The van der Waals surface area contributed by atoms with Crippen LogP contribution in [-0.2, 0) is 0 Å². The molecule has 1 aliphatic heterocycles. The zero-order valence-electron chi connectivity index (χ0n) is 8.88. The van der Waals surface area contributed by atoms with Crippen LogP contribution in [0.4, 0.5) is 0 Å². The lowest BCUT2D eigenvalue weighted by Gasteiger charge is -2.23. The number of likely N-dealkylation sites (N-methyl/N-ethyl adjacent to an activating group) is 1. The molecule has 0 N–H and O–H groups in total. The molecule has 0 radical (unpaired) electrons. The molecule has 0 aromatic heterocycles. The van der Waals surface area contributed by atoms with Crippen molar-refractivity contribution in [2.45, 2.75) is 6.04 Å². The van der Waals surface area contributed by atoms with Crippen molar-refractivity contribution in [3.05, 3.63) is 66.4 Å². The normalized spacial score (nSPS) is 20.1. The topological polar surface area (TPSA) is 3.24 Å². The summed E-state index contributed by atoms with van der Waals surface area (Å²) in [6, 6.07) is 10.7. The van der Waals surface area contributed by atoms with Gasteiger partial charge < -0.3 is 4.90 Å². The maximum absolute atomic E-state index is 2.20. The molecule has 2 rings (SSSR count). The highest BCUT2D eigenvalue weighted by Gasteiger charge is 2.04. The number of benzene rings is 1. The van der Waals surface area contributed by atoms with Gasteiger partial charge in [-0.05, 0) is 17.8 Å². The van der Waals surface area contributed by atoms with E-state index in [1.807, 2.05) is 12.1 Å². The first-order valence-corrected chi connectivity index (χ1v) is 5.16. The van der Waals surface area contributed by atoms with Crippen molar-refractivity contribution < 1.29 is 0 Å². The van der Waals surface area contributed by atoms with E-state index in [0.29, 0.717) is 6.04 Å². The van der Waals surface area contributed by atoms with Crippen molar-refractivity contribution >= 4 is 6.08 Å². The number of allylic oxidation sites excluding steroid dienone is 2. The van der Waals surface area contributed by atoms with Gasteiger partial charge in [-0.2, -0.15) is 0 Å². The van der Waals surface area contributed by atoms with E-state index in [2.05, 4.69) is 66.7 Å². The Balaban J connectivity index is 2.06. The smallest absolute Gasteiger partial charge is 0.0654 e. The Morgan fingerprint density at radius 2 is 1.93 bits per heavy atom. The molecule has 1 unspecified atom stereocenters. The van der Waals surface area contributed by atoms with Crippen molar-refractivity contribution in [3.8, 4) is 0 Å². The molecule has 0 amide bonds. The molecular weight excluding hydrogens is 182 g/mol. The Bertz CT molecular complexity index is 387. The van der Waals surface area contributed by atoms with Crippen LogP contribution in [0, 0.1) is 0 Å². The van der Waals surface area contributed by atoms with E-state index < -0.39 is 0 Å². The minimum absolute atomic E-state index is 0.371. The lowest BCUT2D eigenvalue weighted by Crippen LogP contribution is -2.24. The van der Waals surface area contributed by atoms with Gasteiger partial charge in [0.05, 0.1) is 6.04 Å². The molecule has 1 atom stereocenters. The summed E-state index contributed by atoms with van der Waals surface area (Å²) in [4.78, 5) is 2.18. The lowest BCUT2D eigenvalue weighted by atomic mass is 10.1. The van der Waals surface area contributed by atoms with Crippen molar-refractivity contribution in [3.63, 3.8) is 0 Å². The van der Waals surface area contributed by atoms with Crippen LogP contribution < -0.4 is 0 Å². The summed E-state index contributed by atoms with van der Waals surface area (Å²) in [6.07, 6.45) is 12.8. The Morgan fingerprint density at radius 1 is 1.13 bits per heavy atom. The first-order valence-electron chi connectivity index (χ1n) is 5.16. The number of hydrogen-bond donors (Lipinski definition) is 0. The fourth-order valence-corrected chi connectivity index (χ4v) is 1.57. The molecule has 1 nitrogen and oxygen atoms in total. The maximum atomic E-state index is 2.20. The predicted molar refractivity (Wildman–Crippen MR) is 65.3 cm³/mol. The lowest BCUT2D eigenvalue weighted by molar-refractivity contribution is 0.434. The SMILES string of the molecule is CN1C=CC=CC1/C=C/c1ccccc1. The summed E-state index contributed by atoms with van der Waals surface area (Å²) in [5.41, 5.74) is 1.24. The summed E-state index contributed by atoms with van der Waals surface area (Å²) in [5, 5.41) is 0. The van der Waals surface area contributed by atoms with Crippen molar-refractivity contribution in [1.82, 2.24) is 4.90 Å². The molecule has 0 spiro atoms. The van der Waals surface area contributed by atoms with E-state index in [1.165, 1.54) is 5.56 Å². The molecular formula is C14H15N. The van der Waals surface area contributed by atoms with Crippen molar-refractivity contribution in [1.29, 1.82) is 0 Å². The molecule has 1 heteroatoms. The highest BCUT2D eigenvalue weighted by atomic mass is 15.1. The quantitative estimate of drug-likeness (QED) is 0.704. The molecule has 0 aliphatic carbocycles. The molecule has 1 heterocycles. The summed E-state index contributed by atoms with van der Waals surface area (Å²) in [5.74, 6) is 0. The van der Waals surface area contributed by atoms with E-state index in [4.69, 9.17) is 0 Å². The molecule has 0 saturated heterocycles. The van der Waals surface area contributed by atoms with Crippen LogP contribution in [0.15, 0.2) is 60.8 Å². The molecule has 1 aromatic carbocycles. The van der Waals surface area contributed by atoms with E-state index in [1.54, 1.807) is 0 Å². The monoisotopic (exact) mass is 197 g/mol. The zero-order chi connectivity index (χ0) is 10.5. The Labute approximate surface area is 91.0 Å². The largest absolute Gasteiger partial charge is 0.371 e. The predicted octanol–water partition coefficient (Wildman–Crippen LogP) is 3.08. The van der Waals surface area contributed by atoms with Crippen LogP contribution in [0.1, 0.15) is 5.56 Å².